The van der Waals surface area contributed by atoms with Gasteiger partial charge < -0.3 is 0 Å². The normalized spacial score (nSPS) is 11.4. The molecule has 5 heteroatoms. The van der Waals surface area contributed by atoms with Crippen LogP contribution in [-0.4, -0.2) is 32.9 Å². The summed E-state index contributed by atoms with van der Waals surface area (Å²) in [5.41, 5.74) is 6.33. The Kier molecular flexibility index (Phi) is 2.30. The van der Waals surface area contributed by atoms with Crippen molar-refractivity contribution < 1.29 is 0 Å². The number of fused-ring (bicyclic) bond motifs is 2. The van der Waals surface area contributed by atoms with Gasteiger partial charge >= 0.3 is 115 Å². The maximum absolute atomic E-state index is 4.63. The van der Waals surface area contributed by atoms with Gasteiger partial charge in [-0.15, -0.1) is 0 Å². The van der Waals surface area contributed by atoms with Crippen LogP contribution in [0, 0.1) is 6.92 Å². The van der Waals surface area contributed by atoms with Crippen molar-refractivity contribution >= 4 is 37.0 Å². The molecule has 0 saturated heterocycles. The average molecular weight is 313 g/mol. The molecular weight excluding hydrogens is 303 g/mol. The number of imidazole rings is 1. The molecule has 0 aliphatic heterocycles. The number of hydrogen-bond acceptors (Lipinski definition) is 3. The minimum absolute atomic E-state index is 0.0198. The van der Waals surface area contributed by atoms with Crippen molar-refractivity contribution in [1.29, 1.82) is 0 Å². The maximum atomic E-state index is 4.63. The molecule has 1 N–H and O–H groups in total. The predicted octanol–water partition coefficient (Wildman–Crippen LogP) is 2.54. The van der Waals surface area contributed by atoms with Gasteiger partial charge in [0.15, 0.2) is 0 Å². The Morgan fingerprint density at radius 2 is 1.79 bits per heavy atom. The van der Waals surface area contributed by atoms with Crippen LogP contribution in [0.25, 0.3) is 33.5 Å². The van der Waals surface area contributed by atoms with Gasteiger partial charge in [-0.2, -0.15) is 0 Å². The number of H-pyrrole nitrogens is 1. The Balaban J connectivity index is 1.92. The van der Waals surface area contributed by atoms with Gasteiger partial charge in [0.25, 0.3) is 0 Å². The average Bonchev–Trinajstić information content (AvgIpc) is 3.02. The first-order valence-electron chi connectivity index (χ1n) is 5.99. The van der Waals surface area contributed by atoms with E-state index in [4.69, 9.17) is 0 Å². The van der Waals surface area contributed by atoms with E-state index in [0.29, 0.717) is 0 Å². The SMILES string of the molecule is Cc1ccc2nc(-c3ccc4n[se]nc4c3)[nH]c2c1. The molecule has 0 atom stereocenters. The van der Waals surface area contributed by atoms with Crippen LogP contribution >= 0.6 is 0 Å². The van der Waals surface area contributed by atoms with Crippen molar-refractivity contribution in [3.05, 3.63) is 42.0 Å². The molecule has 0 amide bonds. The second-order valence-electron chi connectivity index (χ2n) is 4.57. The molecule has 0 saturated carbocycles. The molecule has 19 heavy (non-hydrogen) atoms. The van der Waals surface area contributed by atoms with Crippen LogP contribution in [0.4, 0.5) is 0 Å². The molecule has 0 aliphatic carbocycles. The zero-order chi connectivity index (χ0) is 12.8. The number of benzene rings is 2. The van der Waals surface area contributed by atoms with Crippen molar-refractivity contribution in [3.8, 4) is 11.4 Å². The molecule has 0 bridgehead atoms. The van der Waals surface area contributed by atoms with E-state index in [2.05, 4.69) is 43.0 Å². The van der Waals surface area contributed by atoms with Crippen LogP contribution < -0.4 is 0 Å². The molecule has 2 aromatic heterocycles. The summed E-state index contributed by atoms with van der Waals surface area (Å²) in [4.78, 5) is 7.99. The fourth-order valence-electron chi connectivity index (χ4n) is 2.19. The van der Waals surface area contributed by atoms with Gasteiger partial charge in [-0.25, -0.2) is 0 Å². The summed E-state index contributed by atoms with van der Waals surface area (Å²) >= 11 is 0.0198. The monoisotopic (exact) mass is 314 g/mol. The number of aryl methyl sites for hydroxylation is 1. The van der Waals surface area contributed by atoms with Crippen LogP contribution in [0.1, 0.15) is 5.56 Å². The summed E-state index contributed by atoms with van der Waals surface area (Å²) in [5, 5.41) is 0. The molecule has 4 rings (SSSR count). The van der Waals surface area contributed by atoms with E-state index in [1.165, 1.54) is 5.56 Å². The first kappa shape index (κ1) is 10.9. The van der Waals surface area contributed by atoms with Gasteiger partial charge in [-0.3, -0.25) is 0 Å². The molecule has 0 fully saturated rings. The number of nitrogens with one attached hydrogen (secondary N) is 1. The summed E-state index contributed by atoms with van der Waals surface area (Å²) in [6, 6.07) is 12.3. The molecule has 0 aliphatic rings. The third kappa shape index (κ3) is 1.79. The zero-order valence-corrected chi connectivity index (χ0v) is 11.9. The van der Waals surface area contributed by atoms with Crippen molar-refractivity contribution in [2.75, 3.05) is 0 Å². The van der Waals surface area contributed by atoms with E-state index in [0.717, 1.165) is 33.5 Å². The third-order valence-electron chi connectivity index (χ3n) is 3.16. The van der Waals surface area contributed by atoms with E-state index in [9.17, 15) is 0 Å². The standard InChI is InChI=1S/C14H10N4Se/c1-8-2-4-10-12(6-8)16-14(15-10)9-3-5-11-13(7-9)18-19-17-11/h2-7H,1H3,(H,15,16). The summed E-state index contributed by atoms with van der Waals surface area (Å²) in [6.45, 7) is 2.08. The van der Waals surface area contributed by atoms with Gasteiger partial charge in [-0.1, -0.05) is 0 Å². The van der Waals surface area contributed by atoms with Crippen LogP contribution in [0.3, 0.4) is 0 Å². The number of hydrogen-bond donors (Lipinski definition) is 1. The van der Waals surface area contributed by atoms with Gasteiger partial charge in [0.2, 0.25) is 0 Å². The summed E-state index contributed by atoms with van der Waals surface area (Å²) in [5.74, 6) is 0.887. The van der Waals surface area contributed by atoms with Gasteiger partial charge in [0, 0.05) is 0 Å². The number of rotatable bonds is 1. The van der Waals surface area contributed by atoms with E-state index in [1.807, 2.05) is 18.2 Å². The first-order chi connectivity index (χ1) is 9.29. The van der Waals surface area contributed by atoms with Crippen LogP contribution in [0.5, 0.6) is 0 Å². The topological polar surface area (TPSA) is 54.5 Å². The van der Waals surface area contributed by atoms with E-state index >= 15 is 0 Å². The van der Waals surface area contributed by atoms with Gasteiger partial charge in [-0.05, 0) is 0 Å². The Morgan fingerprint density at radius 3 is 2.74 bits per heavy atom. The quantitative estimate of drug-likeness (QED) is 0.550. The predicted molar refractivity (Wildman–Crippen MR) is 76.3 cm³/mol. The second kappa shape index (κ2) is 4.02. The van der Waals surface area contributed by atoms with Crippen molar-refractivity contribution in [3.63, 3.8) is 0 Å². The van der Waals surface area contributed by atoms with E-state index in [-0.39, 0.29) is 15.0 Å². The van der Waals surface area contributed by atoms with Gasteiger partial charge in [0.1, 0.15) is 0 Å². The molecule has 0 spiro atoms. The van der Waals surface area contributed by atoms with Gasteiger partial charge in [0.05, 0.1) is 0 Å². The number of aromatic amines is 1. The molecule has 0 unspecified atom stereocenters. The fraction of sp³-hybridized carbons (Fsp3) is 0.0714. The van der Waals surface area contributed by atoms with E-state index in [1.54, 1.807) is 0 Å². The Morgan fingerprint density at radius 1 is 0.947 bits per heavy atom. The van der Waals surface area contributed by atoms with Crippen LogP contribution in [0.2, 0.25) is 0 Å². The molecule has 4 nitrogen and oxygen atoms in total. The third-order valence-corrected chi connectivity index (χ3v) is 4.33. The van der Waals surface area contributed by atoms with Crippen molar-refractivity contribution in [2.24, 2.45) is 0 Å². The molecule has 2 heterocycles. The van der Waals surface area contributed by atoms with Crippen molar-refractivity contribution in [2.45, 2.75) is 6.92 Å². The molecule has 92 valence electrons. The number of aromatic nitrogens is 4. The summed E-state index contributed by atoms with van der Waals surface area (Å²) in [6.07, 6.45) is 0. The Hall–Kier alpha value is -1.97. The number of nitrogens with zero attached hydrogens (tertiary/aromatic N) is 3. The van der Waals surface area contributed by atoms with E-state index < -0.39 is 0 Å². The summed E-state index contributed by atoms with van der Waals surface area (Å²) < 4.78 is 8.76. The first-order valence-corrected chi connectivity index (χ1v) is 7.52. The fourth-order valence-corrected chi connectivity index (χ4v) is 3.28. The molecular formula is C14H10N4Se. The minimum atomic E-state index is 0.0198. The van der Waals surface area contributed by atoms with Crippen molar-refractivity contribution in [1.82, 2.24) is 17.9 Å². The summed E-state index contributed by atoms with van der Waals surface area (Å²) in [7, 11) is 0. The molecule has 4 aromatic rings. The second-order valence-corrected chi connectivity index (χ2v) is 5.68. The zero-order valence-electron chi connectivity index (χ0n) is 10.2. The molecule has 0 radical (unpaired) electrons. The molecule has 2 aromatic carbocycles. The Bertz CT molecular complexity index is 891. The Labute approximate surface area is 115 Å². The van der Waals surface area contributed by atoms with Crippen LogP contribution in [-0.2, 0) is 0 Å². The van der Waals surface area contributed by atoms with Crippen LogP contribution in [0.15, 0.2) is 36.4 Å².